The normalized spacial score (nSPS) is 14.1. The van der Waals surface area contributed by atoms with Crippen LogP contribution >= 0.6 is 11.3 Å². The molecule has 3 nitrogen and oxygen atoms in total. The Morgan fingerprint density at radius 1 is 0.933 bits per heavy atom. The monoisotopic (exact) mass is 795 g/mol. The zero-order valence-corrected chi connectivity index (χ0v) is 31.3. The van der Waals surface area contributed by atoms with Crippen LogP contribution in [-0.2, 0) is 30.3 Å². The molecule has 0 unspecified atom stereocenters. The summed E-state index contributed by atoms with van der Waals surface area (Å²) in [7, 11) is 0. The fraction of sp³-hybridized carbons (Fsp3) is 0.350. The summed E-state index contributed by atoms with van der Waals surface area (Å²) in [5.74, 6) is 0.622. The number of thiophene rings is 1. The van der Waals surface area contributed by atoms with Gasteiger partial charge in [-0.2, -0.15) is 0 Å². The molecule has 0 saturated carbocycles. The maximum Gasteiger partial charge on any atom is 0.164 e. The van der Waals surface area contributed by atoms with Crippen molar-refractivity contribution in [3.63, 3.8) is 0 Å². The van der Waals surface area contributed by atoms with Crippen molar-refractivity contribution in [2.75, 3.05) is 0 Å². The number of aliphatic hydroxyl groups excluding tert-OH is 1. The van der Waals surface area contributed by atoms with Crippen LogP contribution in [0.4, 0.5) is 0 Å². The van der Waals surface area contributed by atoms with Crippen LogP contribution in [0, 0.1) is 16.9 Å². The van der Waals surface area contributed by atoms with Crippen molar-refractivity contribution in [3.8, 4) is 21.7 Å². The number of ketones is 1. The minimum Gasteiger partial charge on any atom is -0.512 e. The maximum absolute atomic E-state index is 11.5. The molecule has 5 heteroatoms. The number of allylic oxidation sites excluding steroid dienone is 2. The number of aliphatic hydroxyl groups is 1. The molecule has 2 aromatic heterocycles. The minimum absolute atomic E-state index is 0. The van der Waals surface area contributed by atoms with Crippen molar-refractivity contribution in [3.05, 3.63) is 101 Å². The van der Waals surface area contributed by atoms with Gasteiger partial charge in [-0.15, -0.1) is 40.7 Å². The molecule has 0 bridgehead atoms. The molecule has 0 amide bonds. The molecule has 0 spiro atoms. The molecule has 1 radical (unpaired) electrons. The first-order chi connectivity index (χ1) is 20.5. The van der Waals surface area contributed by atoms with E-state index in [0.717, 1.165) is 16.8 Å². The van der Waals surface area contributed by atoms with Crippen molar-refractivity contribution in [1.82, 2.24) is 4.98 Å². The number of hydrogen-bond acceptors (Lipinski definition) is 4. The van der Waals surface area contributed by atoms with Crippen LogP contribution in [0.5, 0.6) is 0 Å². The molecule has 0 atom stereocenters. The van der Waals surface area contributed by atoms with Crippen molar-refractivity contribution in [2.24, 2.45) is 10.8 Å². The van der Waals surface area contributed by atoms with E-state index < -0.39 is 5.41 Å². The third-order valence-corrected chi connectivity index (χ3v) is 9.70. The summed E-state index contributed by atoms with van der Waals surface area (Å²) in [5, 5.41) is 12.1. The first kappa shape index (κ1) is 34.8. The van der Waals surface area contributed by atoms with Crippen LogP contribution in [0.2, 0.25) is 0 Å². The van der Waals surface area contributed by atoms with E-state index in [-0.39, 0.29) is 42.5 Å². The van der Waals surface area contributed by atoms with E-state index in [1.54, 1.807) is 0 Å². The predicted molar refractivity (Wildman–Crippen MR) is 188 cm³/mol. The summed E-state index contributed by atoms with van der Waals surface area (Å²) in [4.78, 5) is 18.0. The summed E-state index contributed by atoms with van der Waals surface area (Å²) in [5.41, 5.74) is 7.83. The van der Waals surface area contributed by atoms with Gasteiger partial charge < -0.3 is 5.11 Å². The van der Waals surface area contributed by atoms with E-state index in [2.05, 4.69) is 100 Å². The Balaban J connectivity index is 0.000000283. The van der Waals surface area contributed by atoms with Gasteiger partial charge in [0.05, 0.1) is 5.52 Å². The Morgan fingerprint density at radius 3 is 2.27 bits per heavy atom. The summed E-state index contributed by atoms with van der Waals surface area (Å²) in [6.07, 6.45) is 1.33. The molecule has 0 fully saturated rings. The number of carbonyl (C=O) groups excluding carboxylic acids is 1. The van der Waals surface area contributed by atoms with Crippen molar-refractivity contribution in [1.29, 1.82) is 0 Å². The van der Waals surface area contributed by atoms with E-state index >= 15 is 0 Å². The van der Waals surface area contributed by atoms with Crippen LogP contribution in [0.25, 0.3) is 42.7 Å². The molecule has 6 rings (SSSR count). The number of carbonyl (C=O) groups is 1. The standard InChI is InChI=1S/C29H24NS.C11H20O2.Ir/c1-17(2)18-12-14-23-19(16-18)13-15-24(30-23)20-9-7-10-22-26(20)29(3,4)27-21-8-5-6-11-25(21)31-28(22)27;1-10(2,3)8(12)7-9(13)11(4,5)6;/h5-8,10-17H,1-4H3;7,12H,1-6H3;/q-1;;/b;8-7-;. The van der Waals surface area contributed by atoms with E-state index in [4.69, 9.17) is 4.98 Å². The Bertz CT molecular complexity index is 1920. The number of benzene rings is 3. The van der Waals surface area contributed by atoms with Crippen LogP contribution < -0.4 is 0 Å². The molecule has 2 heterocycles. The van der Waals surface area contributed by atoms with E-state index in [9.17, 15) is 9.90 Å². The zero-order chi connectivity index (χ0) is 32.2. The average molecular weight is 795 g/mol. The Hall–Kier alpha value is -3.11. The fourth-order valence-electron chi connectivity index (χ4n) is 5.72. The zero-order valence-electron chi connectivity index (χ0n) is 28.0. The van der Waals surface area contributed by atoms with E-state index in [0.29, 0.717) is 5.92 Å². The van der Waals surface area contributed by atoms with Gasteiger partial charge in [-0.3, -0.25) is 9.78 Å². The second-order valence-electron chi connectivity index (χ2n) is 14.8. The van der Waals surface area contributed by atoms with Crippen LogP contribution in [0.1, 0.15) is 91.8 Å². The fourth-order valence-corrected chi connectivity index (χ4v) is 7.11. The van der Waals surface area contributed by atoms with Crippen LogP contribution in [0.3, 0.4) is 0 Å². The maximum atomic E-state index is 11.5. The molecule has 0 saturated heterocycles. The topological polar surface area (TPSA) is 50.2 Å². The molecule has 1 N–H and O–H groups in total. The molecule has 5 aromatic rings. The molecule has 3 aromatic carbocycles. The number of fused-ring (bicyclic) bond motifs is 6. The third kappa shape index (κ3) is 6.73. The number of nitrogens with zero attached hydrogens (tertiary/aromatic N) is 1. The molecule has 1 aliphatic rings. The minimum atomic E-state index is -0.417. The van der Waals surface area contributed by atoms with Gasteiger partial charge in [-0.25, -0.2) is 0 Å². The first-order valence-corrected chi connectivity index (χ1v) is 16.3. The van der Waals surface area contributed by atoms with Gasteiger partial charge in [0, 0.05) is 46.6 Å². The quantitative estimate of drug-likeness (QED) is 0.112. The summed E-state index contributed by atoms with van der Waals surface area (Å²) < 4.78 is 1.37. The van der Waals surface area contributed by atoms with Gasteiger partial charge in [-0.05, 0) is 57.1 Å². The van der Waals surface area contributed by atoms with Crippen molar-refractivity contribution >= 4 is 38.1 Å². The third-order valence-electron chi connectivity index (χ3n) is 8.50. The smallest absolute Gasteiger partial charge is 0.164 e. The second-order valence-corrected chi connectivity index (χ2v) is 15.8. The van der Waals surface area contributed by atoms with Gasteiger partial charge in [-0.1, -0.05) is 111 Å². The number of pyridine rings is 1. The van der Waals surface area contributed by atoms with Crippen LogP contribution in [0.15, 0.2) is 78.6 Å². The molecule has 1 aliphatic carbocycles. The average Bonchev–Trinajstić information content (AvgIpc) is 3.45. The molecule has 0 aliphatic heterocycles. The van der Waals surface area contributed by atoms with Gasteiger partial charge in [0.1, 0.15) is 5.76 Å². The SMILES string of the molecule is CC(C)(C)C(=O)/C=C(\O)C(C)(C)C.CC(C)c1ccc2nc(-c3[c-]ccc4c3C(C)(C)c3c-4sc4ccccc34)ccc2c1.[Ir]. The van der Waals surface area contributed by atoms with Gasteiger partial charge in [0.15, 0.2) is 5.78 Å². The molecule has 45 heavy (non-hydrogen) atoms. The largest absolute Gasteiger partial charge is 0.512 e. The summed E-state index contributed by atoms with van der Waals surface area (Å²) in [6.45, 7) is 20.3. The van der Waals surface area contributed by atoms with E-state index in [1.807, 2.05) is 52.9 Å². The Kier molecular flexibility index (Phi) is 9.72. The predicted octanol–water partition coefficient (Wildman–Crippen LogP) is 11.4. The van der Waals surface area contributed by atoms with Crippen molar-refractivity contribution in [2.45, 2.75) is 80.6 Å². The number of hydrogen-bond donors (Lipinski definition) is 1. The van der Waals surface area contributed by atoms with Gasteiger partial charge in [0.25, 0.3) is 0 Å². The summed E-state index contributed by atoms with van der Waals surface area (Å²) in [6, 6.07) is 27.6. The second kappa shape index (κ2) is 12.6. The Labute approximate surface area is 286 Å². The molecular formula is C40H44IrNO2S-. The van der Waals surface area contributed by atoms with Crippen molar-refractivity contribution < 1.29 is 30.0 Å². The number of rotatable bonds is 3. The Morgan fingerprint density at radius 2 is 1.62 bits per heavy atom. The summed E-state index contributed by atoms with van der Waals surface area (Å²) >= 11 is 1.91. The van der Waals surface area contributed by atoms with Gasteiger partial charge in [0.2, 0.25) is 0 Å². The molecule has 237 valence electrons. The van der Waals surface area contributed by atoms with E-state index in [1.165, 1.54) is 48.7 Å². The van der Waals surface area contributed by atoms with Gasteiger partial charge >= 0.3 is 0 Å². The molecular weight excluding hydrogens is 751 g/mol. The first-order valence-electron chi connectivity index (χ1n) is 15.4. The van der Waals surface area contributed by atoms with Crippen LogP contribution in [-0.4, -0.2) is 15.9 Å². The number of aromatic nitrogens is 1.